The van der Waals surface area contributed by atoms with E-state index in [-0.39, 0.29) is 0 Å². The molecule has 0 saturated carbocycles. The zero-order chi connectivity index (χ0) is 14.0. The number of rotatable bonds is 3. The number of benzene rings is 1. The highest BCUT2D eigenvalue weighted by Crippen LogP contribution is 2.23. The number of fused-ring (bicyclic) bond motifs is 1. The van der Waals surface area contributed by atoms with E-state index in [2.05, 4.69) is 4.90 Å². The zero-order valence-corrected chi connectivity index (χ0v) is 12.3. The van der Waals surface area contributed by atoms with Gasteiger partial charge in [-0.15, -0.1) is 0 Å². The topological polar surface area (TPSA) is 40.6 Å². The van der Waals surface area contributed by atoms with Gasteiger partial charge >= 0.3 is 0 Å². The van der Waals surface area contributed by atoms with Crippen LogP contribution in [0.3, 0.4) is 0 Å². The van der Waals surface area contributed by atoms with Crippen LogP contribution in [0.1, 0.15) is 18.4 Å². The fourth-order valence-corrected chi connectivity index (χ4v) is 4.23. The van der Waals surface area contributed by atoms with Crippen LogP contribution in [0, 0.1) is 0 Å². The Bertz CT molecular complexity index is 583. The standard InChI is InChI=1S/C15H20N2O2S/c18-20(19,12-8-14-5-2-1-3-6-14)17-11-10-16-9-4-7-15(16)13-17/h1-3,5-6,8,12,15H,4,7,9-11,13H2/b12-8-/t15-/m0/s1. The second kappa shape index (κ2) is 5.68. The van der Waals surface area contributed by atoms with Crippen molar-refractivity contribution in [1.82, 2.24) is 9.21 Å². The van der Waals surface area contributed by atoms with Gasteiger partial charge in [-0.2, -0.15) is 4.31 Å². The number of piperazine rings is 1. The lowest BCUT2D eigenvalue weighted by atomic mass is 10.2. The fourth-order valence-electron chi connectivity index (χ4n) is 3.01. The molecule has 0 radical (unpaired) electrons. The van der Waals surface area contributed by atoms with Crippen LogP contribution < -0.4 is 0 Å². The van der Waals surface area contributed by atoms with E-state index in [1.54, 1.807) is 10.4 Å². The summed E-state index contributed by atoms with van der Waals surface area (Å²) in [7, 11) is -3.29. The van der Waals surface area contributed by atoms with Crippen LogP contribution in [0.25, 0.3) is 6.08 Å². The van der Waals surface area contributed by atoms with Gasteiger partial charge in [0.15, 0.2) is 0 Å². The van der Waals surface area contributed by atoms with Crippen LogP contribution >= 0.6 is 0 Å². The monoisotopic (exact) mass is 292 g/mol. The highest BCUT2D eigenvalue weighted by Gasteiger charge is 2.34. The maximum atomic E-state index is 12.4. The molecule has 0 bridgehead atoms. The molecule has 2 fully saturated rings. The van der Waals surface area contributed by atoms with Crippen LogP contribution in [0.2, 0.25) is 0 Å². The molecule has 0 aliphatic carbocycles. The van der Waals surface area contributed by atoms with Crippen LogP contribution in [-0.2, 0) is 10.0 Å². The Morgan fingerprint density at radius 3 is 2.70 bits per heavy atom. The molecule has 0 aromatic heterocycles. The van der Waals surface area contributed by atoms with Gasteiger partial charge in [0.25, 0.3) is 0 Å². The molecule has 2 saturated heterocycles. The zero-order valence-electron chi connectivity index (χ0n) is 11.5. The molecule has 1 atom stereocenters. The third-order valence-electron chi connectivity index (χ3n) is 4.14. The van der Waals surface area contributed by atoms with Crippen molar-refractivity contribution >= 4 is 16.1 Å². The molecular formula is C15H20N2O2S. The lowest BCUT2D eigenvalue weighted by molar-refractivity contribution is 0.159. The van der Waals surface area contributed by atoms with Gasteiger partial charge in [0.05, 0.1) is 0 Å². The smallest absolute Gasteiger partial charge is 0.236 e. The normalized spacial score (nSPS) is 25.1. The summed E-state index contributed by atoms with van der Waals surface area (Å²) in [4.78, 5) is 2.41. The summed E-state index contributed by atoms with van der Waals surface area (Å²) < 4.78 is 26.4. The third-order valence-corrected chi connectivity index (χ3v) is 5.67. The van der Waals surface area contributed by atoms with E-state index in [0.717, 1.165) is 25.1 Å². The molecule has 0 unspecified atom stereocenters. The van der Waals surface area contributed by atoms with E-state index >= 15 is 0 Å². The van der Waals surface area contributed by atoms with Gasteiger partial charge in [0.1, 0.15) is 0 Å². The second-order valence-corrected chi connectivity index (χ2v) is 7.27. The minimum absolute atomic E-state index is 0.420. The van der Waals surface area contributed by atoms with Crippen LogP contribution in [0.15, 0.2) is 35.7 Å². The van der Waals surface area contributed by atoms with Crippen molar-refractivity contribution in [3.63, 3.8) is 0 Å². The van der Waals surface area contributed by atoms with Crippen molar-refractivity contribution in [2.24, 2.45) is 0 Å². The van der Waals surface area contributed by atoms with E-state index in [1.165, 1.54) is 11.8 Å². The van der Waals surface area contributed by atoms with E-state index in [9.17, 15) is 8.42 Å². The van der Waals surface area contributed by atoms with Gasteiger partial charge in [-0.25, -0.2) is 8.42 Å². The van der Waals surface area contributed by atoms with Crippen LogP contribution in [0.4, 0.5) is 0 Å². The summed E-state index contributed by atoms with van der Waals surface area (Å²) in [6.07, 6.45) is 3.99. The first-order valence-electron chi connectivity index (χ1n) is 7.12. The highest BCUT2D eigenvalue weighted by atomic mass is 32.2. The summed E-state index contributed by atoms with van der Waals surface area (Å²) in [5.74, 6) is 0. The summed E-state index contributed by atoms with van der Waals surface area (Å²) in [6.45, 7) is 3.24. The first-order valence-corrected chi connectivity index (χ1v) is 8.63. The van der Waals surface area contributed by atoms with Gasteiger partial charge in [-0.1, -0.05) is 30.3 Å². The van der Waals surface area contributed by atoms with Gasteiger partial charge in [-0.05, 0) is 31.0 Å². The van der Waals surface area contributed by atoms with Gasteiger partial charge < -0.3 is 0 Å². The first-order chi connectivity index (χ1) is 9.65. The lowest BCUT2D eigenvalue weighted by Gasteiger charge is -2.36. The molecule has 2 aliphatic rings. The third kappa shape index (κ3) is 2.95. The molecule has 3 rings (SSSR count). The largest absolute Gasteiger partial charge is 0.298 e. The number of hydrogen-bond donors (Lipinski definition) is 0. The van der Waals surface area contributed by atoms with Gasteiger partial charge in [0.2, 0.25) is 10.0 Å². The van der Waals surface area contributed by atoms with E-state index in [4.69, 9.17) is 0 Å². The summed E-state index contributed by atoms with van der Waals surface area (Å²) in [5.41, 5.74) is 0.913. The van der Waals surface area contributed by atoms with E-state index < -0.39 is 10.0 Å². The maximum Gasteiger partial charge on any atom is 0.236 e. The molecule has 0 spiro atoms. The lowest BCUT2D eigenvalue weighted by Crippen LogP contribution is -2.51. The minimum atomic E-state index is -3.29. The Hall–Kier alpha value is -1.17. The minimum Gasteiger partial charge on any atom is -0.298 e. The Balaban J connectivity index is 1.70. The number of sulfonamides is 1. The van der Waals surface area contributed by atoms with Gasteiger partial charge in [0, 0.05) is 31.1 Å². The Morgan fingerprint density at radius 1 is 1.10 bits per heavy atom. The van der Waals surface area contributed by atoms with Crippen molar-refractivity contribution < 1.29 is 8.42 Å². The Morgan fingerprint density at radius 2 is 1.90 bits per heavy atom. The Labute approximate surface area is 120 Å². The van der Waals surface area contributed by atoms with E-state index in [1.807, 2.05) is 30.3 Å². The molecule has 0 amide bonds. The summed E-state index contributed by atoms with van der Waals surface area (Å²) >= 11 is 0. The fraction of sp³-hybridized carbons (Fsp3) is 0.467. The van der Waals surface area contributed by atoms with Gasteiger partial charge in [-0.3, -0.25) is 4.90 Å². The van der Waals surface area contributed by atoms with Crippen LogP contribution in [0.5, 0.6) is 0 Å². The van der Waals surface area contributed by atoms with Crippen molar-refractivity contribution in [2.75, 3.05) is 26.2 Å². The second-order valence-electron chi connectivity index (χ2n) is 5.45. The quantitative estimate of drug-likeness (QED) is 0.852. The van der Waals surface area contributed by atoms with Crippen molar-refractivity contribution in [1.29, 1.82) is 0 Å². The molecule has 5 heteroatoms. The van der Waals surface area contributed by atoms with Crippen molar-refractivity contribution in [3.05, 3.63) is 41.3 Å². The Kier molecular flexibility index (Phi) is 3.92. The molecule has 4 nitrogen and oxygen atoms in total. The average Bonchev–Trinajstić information content (AvgIpc) is 2.94. The number of hydrogen-bond acceptors (Lipinski definition) is 3. The predicted octanol–water partition coefficient (Wildman–Crippen LogP) is 1.77. The highest BCUT2D eigenvalue weighted by molar-refractivity contribution is 7.92. The molecule has 2 aliphatic heterocycles. The number of nitrogens with zero attached hydrogens (tertiary/aromatic N) is 2. The predicted molar refractivity (Wildman–Crippen MR) is 80.6 cm³/mol. The molecular weight excluding hydrogens is 272 g/mol. The van der Waals surface area contributed by atoms with Crippen molar-refractivity contribution in [2.45, 2.75) is 18.9 Å². The molecule has 108 valence electrons. The molecule has 2 heterocycles. The van der Waals surface area contributed by atoms with E-state index in [0.29, 0.717) is 19.1 Å². The average molecular weight is 292 g/mol. The molecule has 20 heavy (non-hydrogen) atoms. The SMILES string of the molecule is O=S(=O)(/C=C\c1ccccc1)N1CCN2CCC[C@H]2C1. The summed E-state index contributed by atoms with van der Waals surface area (Å²) in [5, 5.41) is 1.34. The molecule has 1 aromatic carbocycles. The molecule has 0 N–H and O–H groups in total. The van der Waals surface area contributed by atoms with Crippen molar-refractivity contribution in [3.8, 4) is 0 Å². The van der Waals surface area contributed by atoms with Crippen LogP contribution in [-0.4, -0.2) is 49.8 Å². The maximum absolute atomic E-state index is 12.4. The first kappa shape index (κ1) is 13.8. The summed E-state index contributed by atoms with van der Waals surface area (Å²) in [6, 6.07) is 9.96. The molecule has 1 aromatic rings.